The molecule has 1 aliphatic rings. The third-order valence-corrected chi connectivity index (χ3v) is 3.08. The predicted octanol–water partition coefficient (Wildman–Crippen LogP) is 1.81. The molecule has 0 spiro atoms. The summed E-state index contributed by atoms with van der Waals surface area (Å²) in [4.78, 5) is 10.4. The van der Waals surface area contributed by atoms with Crippen molar-refractivity contribution in [2.75, 3.05) is 5.75 Å². The van der Waals surface area contributed by atoms with Gasteiger partial charge in [0.05, 0.1) is 5.75 Å². The summed E-state index contributed by atoms with van der Waals surface area (Å²) in [5.74, 6) is -2.48. The van der Waals surface area contributed by atoms with Crippen molar-refractivity contribution in [1.29, 1.82) is 0 Å². The Morgan fingerprint density at radius 1 is 1.47 bits per heavy atom. The van der Waals surface area contributed by atoms with Gasteiger partial charge in [0, 0.05) is 6.04 Å². The van der Waals surface area contributed by atoms with Crippen LogP contribution in [-0.2, 0) is 11.0 Å². The first-order valence-electron chi connectivity index (χ1n) is 4.76. The number of rotatable bonds is 4. The van der Waals surface area contributed by atoms with Gasteiger partial charge in [0.1, 0.15) is 0 Å². The van der Waals surface area contributed by atoms with Gasteiger partial charge < -0.3 is 5.11 Å². The Hall–Kier alpha value is -1.25. The Morgan fingerprint density at radius 3 is 2.59 bits per heavy atom. The van der Waals surface area contributed by atoms with Crippen LogP contribution in [0.5, 0.6) is 0 Å². The molecule has 94 valence electrons. The maximum atomic E-state index is 12.6. The van der Waals surface area contributed by atoms with Crippen LogP contribution in [-0.4, -0.2) is 31.6 Å². The monoisotopic (exact) mass is 267 g/mol. The first-order chi connectivity index (χ1) is 7.89. The lowest BCUT2D eigenvalue weighted by atomic mass is 10.5. The number of carboxylic acids is 1. The van der Waals surface area contributed by atoms with E-state index < -0.39 is 18.0 Å². The first-order valence-corrected chi connectivity index (χ1v) is 5.75. The molecule has 1 saturated carbocycles. The molecule has 9 heteroatoms. The SMILES string of the molecule is O=C(O)CSc1nnc(C(F)(F)F)n1C1CC1. The summed E-state index contributed by atoms with van der Waals surface area (Å²) in [5.41, 5.74) is 0. The van der Waals surface area contributed by atoms with Crippen LogP contribution >= 0.6 is 11.8 Å². The summed E-state index contributed by atoms with van der Waals surface area (Å²) in [6.45, 7) is 0. The molecule has 1 aliphatic carbocycles. The van der Waals surface area contributed by atoms with Gasteiger partial charge in [-0.15, -0.1) is 10.2 Å². The highest BCUT2D eigenvalue weighted by Crippen LogP contribution is 2.42. The van der Waals surface area contributed by atoms with Gasteiger partial charge in [-0.25, -0.2) is 0 Å². The molecule has 0 unspecified atom stereocenters. The van der Waals surface area contributed by atoms with Gasteiger partial charge in [-0.3, -0.25) is 9.36 Å². The average Bonchev–Trinajstić information content (AvgIpc) is 2.93. The van der Waals surface area contributed by atoms with Crippen molar-refractivity contribution >= 4 is 17.7 Å². The number of carbonyl (C=O) groups is 1. The fourth-order valence-corrected chi connectivity index (χ4v) is 2.08. The van der Waals surface area contributed by atoms with Crippen molar-refractivity contribution in [2.24, 2.45) is 0 Å². The van der Waals surface area contributed by atoms with E-state index in [0.717, 1.165) is 16.3 Å². The van der Waals surface area contributed by atoms with E-state index in [4.69, 9.17) is 5.11 Å². The minimum atomic E-state index is -4.56. The second-order valence-electron chi connectivity index (χ2n) is 3.59. The van der Waals surface area contributed by atoms with E-state index in [0.29, 0.717) is 12.8 Å². The molecule has 2 rings (SSSR count). The van der Waals surface area contributed by atoms with Gasteiger partial charge >= 0.3 is 12.1 Å². The number of carboxylic acid groups (broad SMARTS) is 1. The first kappa shape index (κ1) is 12.2. The Labute approximate surface area is 98.0 Å². The molecule has 0 saturated heterocycles. The quantitative estimate of drug-likeness (QED) is 0.842. The fraction of sp³-hybridized carbons (Fsp3) is 0.625. The highest BCUT2D eigenvalue weighted by atomic mass is 32.2. The molecule has 0 aromatic carbocycles. The average molecular weight is 267 g/mol. The van der Waals surface area contributed by atoms with Crippen LogP contribution in [0, 0.1) is 0 Å². The van der Waals surface area contributed by atoms with Crippen LogP contribution in [0.1, 0.15) is 24.7 Å². The lowest BCUT2D eigenvalue weighted by Crippen LogP contribution is -2.15. The summed E-state index contributed by atoms with van der Waals surface area (Å²) in [5, 5.41) is 15.0. The summed E-state index contributed by atoms with van der Waals surface area (Å²) < 4.78 is 38.8. The number of thioether (sulfide) groups is 1. The summed E-state index contributed by atoms with van der Waals surface area (Å²) >= 11 is 0.750. The van der Waals surface area contributed by atoms with Gasteiger partial charge in [-0.2, -0.15) is 13.2 Å². The maximum Gasteiger partial charge on any atom is 0.451 e. The number of hydrogen-bond donors (Lipinski definition) is 1. The minimum Gasteiger partial charge on any atom is -0.481 e. The third kappa shape index (κ3) is 2.71. The number of nitrogens with zero attached hydrogens (tertiary/aromatic N) is 3. The van der Waals surface area contributed by atoms with E-state index in [1.54, 1.807) is 0 Å². The Morgan fingerprint density at radius 2 is 2.12 bits per heavy atom. The molecule has 0 atom stereocenters. The van der Waals surface area contributed by atoms with Crippen molar-refractivity contribution in [3.05, 3.63) is 5.82 Å². The van der Waals surface area contributed by atoms with Crippen LogP contribution in [0.4, 0.5) is 13.2 Å². The van der Waals surface area contributed by atoms with E-state index in [1.807, 2.05) is 0 Å². The molecule has 17 heavy (non-hydrogen) atoms. The fourth-order valence-electron chi connectivity index (χ4n) is 1.36. The third-order valence-electron chi connectivity index (χ3n) is 2.15. The zero-order valence-corrected chi connectivity index (χ0v) is 9.25. The van der Waals surface area contributed by atoms with Crippen molar-refractivity contribution in [3.63, 3.8) is 0 Å². The molecule has 0 aliphatic heterocycles. The van der Waals surface area contributed by atoms with Crippen molar-refractivity contribution in [1.82, 2.24) is 14.8 Å². The second-order valence-corrected chi connectivity index (χ2v) is 4.53. The van der Waals surface area contributed by atoms with Crippen molar-refractivity contribution < 1.29 is 23.1 Å². The summed E-state index contributed by atoms with van der Waals surface area (Å²) in [6, 6.07) is -0.252. The van der Waals surface area contributed by atoms with E-state index in [-0.39, 0.29) is 17.0 Å². The smallest absolute Gasteiger partial charge is 0.451 e. The highest BCUT2D eigenvalue weighted by Gasteiger charge is 2.42. The number of alkyl halides is 3. The van der Waals surface area contributed by atoms with Gasteiger partial charge in [-0.1, -0.05) is 11.8 Å². The molecule has 0 bridgehead atoms. The molecule has 1 aromatic heterocycles. The summed E-state index contributed by atoms with van der Waals surface area (Å²) in [7, 11) is 0. The molecule has 1 N–H and O–H groups in total. The Kier molecular flexibility index (Phi) is 3.02. The maximum absolute atomic E-state index is 12.6. The van der Waals surface area contributed by atoms with Crippen LogP contribution in [0.15, 0.2) is 5.16 Å². The van der Waals surface area contributed by atoms with E-state index in [2.05, 4.69) is 10.2 Å². The van der Waals surface area contributed by atoms with E-state index in [1.165, 1.54) is 0 Å². The topological polar surface area (TPSA) is 68.0 Å². The molecule has 0 radical (unpaired) electrons. The van der Waals surface area contributed by atoms with Gasteiger partial charge in [0.15, 0.2) is 5.16 Å². The highest BCUT2D eigenvalue weighted by molar-refractivity contribution is 7.99. The Bertz CT molecular complexity index is 442. The van der Waals surface area contributed by atoms with Gasteiger partial charge in [0.2, 0.25) is 5.82 Å². The predicted molar refractivity (Wildman–Crippen MR) is 51.7 cm³/mol. The number of hydrogen-bond acceptors (Lipinski definition) is 4. The molecular weight excluding hydrogens is 259 g/mol. The lowest BCUT2D eigenvalue weighted by molar-refractivity contribution is -0.147. The van der Waals surface area contributed by atoms with Crippen LogP contribution in [0.25, 0.3) is 0 Å². The normalized spacial score (nSPS) is 16.2. The zero-order valence-electron chi connectivity index (χ0n) is 8.44. The minimum absolute atomic E-state index is 0.0159. The Balaban J connectivity index is 2.27. The van der Waals surface area contributed by atoms with Gasteiger partial charge in [0.25, 0.3) is 0 Å². The summed E-state index contributed by atoms with van der Waals surface area (Å²) in [6.07, 6.45) is -3.28. The molecule has 1 fully saturated rings. The zero-order chi connectivity index (χ0) is 12.6. The molecular formula is C8H8F3N3O2S. The largest absolute Gasteiger partial charge is 0.481 e. The van der Waals surface area contributed by atoms with Crippen molar-refractivity contribution in [3.8, 4) is 0 Å². The molecule has 1 aromatic rings. The second kappa shape index (κ2) is 4.21. The molecule has 0 amide bonds. The van der Waals surface area contributed by atoms with Crippen LogP contribution in [0.3, 0.4) is 0 Å². The standard InChI is InChI=1S/C8H8F3N3O2S/c9-8(10,11)6-12-13-7(17-3-5(15)16)14(6)4-1-2-4/h4H,1-3H2,(H,15,16). The van der Waals surface area contributed by atoms with Crippen LogP contribution in [0.2, 0.25) is 0 Å². The molecule has 5 nitrogen and oxygen atoms in total. The number of aromatic nitrogens is 3. The van der Waals surface area contributed by atoms with E-state index >= 15 is 0 Å². The molecule has 1 heterocycles. The number of halogens is 3. The van der Waals surface area contributed by atoms with Gasteiger partial charge in [-0.05, 0) is 12.8 Å². The number of aliphatic carboxylic acids is 1. The lowest BCUT2D eigenvalue weighted by Gasteiger charge is -2.09. The van der Waals surface area contributed by atoms with E-state index in [9.17, 15) is 18.0 Å². The van der Waals surface area contributed by atoms with Crippen molar-refractivity contribution in [2.45, 2.75) is 30.2 Å². The van der Waals surface area contributed by atoms with Crippen LogP contribution < -0.4 is 0 Å².